The highest BCUT2D eigenvalue weighted by molar-refractivity contribution is 6.12. The summed E-state index contributed by atoms with van der Waals surface area (Å²) in [6.45, 7) is 4.80. The van der Waals surface area contributed by atoms with E-state index in [2.05, 4.69) is 182 Å². The molecule has 226 valence electrons. The van der Waals surface area contributed by atoms with E-state index in [4.69, 9.17) is 0 Å². The molecule has 0 N–H and O–H groups in total. The first-order chi connectivity index (χ1) is 23.0. The van der Waals surface area contributed by atoms with Gasteiger partial charge < -0.3 is 9.47 Å². The van der Waals surface area contributed by atoms with Crippen molar-refractivity contribution in [1.82, 2.24) is 4.57 Å². The molecule has 2 nitrogen and oxygen atoms in total. The Hall–Kier alpha value is -5.60. The molecule has 0 amide bonds. The lowest BCUT2D eigenvalue weighted by atomic mass is 9.81. The van der Waals surface area contributed by atoms with Crippen LogP contribution >= 0.6 is 0 Å². The zero-order chi connectivity index (χ0) is 31.7. The van der Waals surface area contributed by atoms with Crippen LogP contribution in [-0.2, 0) is 18.9 Å². The summed E-state index contributed by atoms with van der Waals surface area (Å²) < 4.78 is 2.30. The topological polar surface area (TPSA) is 8.17 Å². The highest BCUT2D eigenvalue weighted by atomic mass is 15.1. The molecule has 0 bridgehead atoms. The van der Waals surface area contributed by atoms with Gasteiger partial charge in [0, 0.05) is 51.0 Å². The third kappa shape index (κ3) is 4.25. The van der Waals surface area contributed by atoms with Crippen molar-refractivity contribution >= 4 is 49.6 Å². The van der Waals surface area contributed by atoms with Crippen molar-refractivity contribution in [2.75, 3.05) is 4.90 Å². The minimum Gasteiger partial charge on any atom is -0.344 e. The summed E-state index contributed by atoms with van der Waals surface area (Å²) >= 11 is 0. The molecule has 1 aliphatic carbocycles. The number of aromatic nitrogens is 1. The summed E-state index contributed by atoms with van der Waals surface area (Å²) in [4.78, 5) is 2.46. The van der Waals surface area contributed by atoms with Crippen LogP contribution in [0.15, 0.2) is 152 Å². The standard InChI is InChI=1S/C45H36N2/c1-45(2)39-27-31(26-30-14-6-4-7-15-30)22-24-37(39)44-36-20-11-10-18-34(36)43(29-40(44)45)47(32-16-8-5-9-17-32)33-23-25-42-38(28-33)35-19-12-13-21-41(35)46(42)3/h4-25,27-29H,26H2,1-3H3. The van der Waals surface area contributed by atoms with E-state index in [1.165, 1.54) is 71.6 Å². The second-order valence-electron chi connectivity index (χ2n) is 13.5. The number of nitrogens with zero attached hydrogens (tertiary/aromatic N) is 2. The van der Waals surface area contributed by atoms with Gasteiger partial charge in [-0.05, 0) is 87.7 Å². The van der Waals surface area contributed by atoms with Crippen LogP contribution in [0.4, 0.5) is 17.1 Å². The molecule has 8 aromatic rings. The lowest BCUT2D eigenvalue weighted by Crippen LogP contribution is -2.17. The molecular formula is C45H36N2. The van der Waals surface area contributed by atoms with E-state index < -0.39 is 0 Å². The van der Waals surface area contributed by atoms with Gasteiger partial charge in [-0.15, -0.1) is 0 Å². The Morgan fingerprint density at radius 3 is 1.96 bits per heavy atom. The molecule has 1 aliphatic rings. The predicted octanol–water partition coefficient (Wildman–Crippen LogP) is 11.9. The van der Waals surface area contributed by atoms with Gasteiger partial charge in [0.15, 0.2) is 0 Å². The molecular weight excluding hydrogens is 569 g/mol. The van der Waals surface area contributed by atoms with Crippen LogP contribution in [0.25, 0.3) is 43.7 Å². The zero-order valence-electron chi connectivity index (χ0n) is 27.0. The predicted molar refractivity (Wildman–Crippen MR) is 199 cm³/mol. The average molecular weight is 605 g/mol. The highest BCUT2D eigenvalue weighted by Crippen LogP contribution is 2.55. The SMILES string of the molecule is Cn1c2ccccc2c2cc(N(c3ccccc3)c3cc4c(c5ccccc35)-c3ccc(Cc5ccccc5)cc3C4(C)C)ccc21. The molecule has 0 saturated heterocycles. The molecule has 0 atom stereocenters. The first-order valence-electron chi connectivity index (χ1n) is 16.6. The molecule has 0 fully saturated rings. The van der Waals surface area contributed by atoms with Crippen LogP contribution < -0.4 is 4.90 Å². The Balaban J connectivity index is 1.27. The van der Waals surface area contributed by atoms with Crippen molar-refractivity contribution in [3.8, 4) is 11.1 Å². The summed E-state index contributed by atoms with van der Waals surface area (Å²) in [5, 5.41) is 5.10. The third-order valence-corrected chi connectivity index (χ3v) is 10.4. The fraction of sp³-hybridized carbons (Fsp3) is 0.111. The lowest BCUT2D eigenvalue weighted by Gasteiger charge is -2.30. The molecule has 0 aliphatic heterocycles. The Morgan fingerprint density at radius 1 is 0.511 bits per heavy atom. The summed E-state index contributed by atoms with van der Waals surface area (Å²) in [5.74, 6) is 0. The number of hydrogen-bond acceptors (Lipinski definition) is 1. The maximum Gasteiger partial charge on any atom is 0.0543 e. The third-order valence-electron chi connectivity index (χ3n) is 10.4. The van der Waals surface area contributed by atoms with E-state index >= 15 is 0 Å². The highest BCUT2D eigenvalue weighted by Gasteiger charge is 2.38. The molecule has 47 heavy (non-hydrogen) atoms. The molecule has 2 heteroatoms. The number of para-hydroxylation sites is 2. The van der Waals surface area contributed by atoms with Gasteiger partial charge in [-0.25, -0.2) is 0 Å². The average Bonchev–Trinajstić information content (AvgIpc) is 3.52. The Morgan fingerprint density at radius 2 is 1.17 bits per heavy atom. The second-order valence-corrected chi connectivity index (χ2v) is 13.5. The maximum atomic E-state index is 2.48. The van der Waals surface area contributed by atoms with E-state index in [0.717, 1.165) is 17.8 Å². The van der Waals surface area contributed by atoms with Crippen LogP contribution in [0.5, 0.6) is 0 Å². The van der Waals surface area contributed by atoms with Crippen molar-refractivity contribution in [2.45, 2.75) is 25.7 Å². The lowest BCUT2D eigenvalue weighted by molar-refractivity contribution is 0.660. The molecule has 9 rings (SSSR count). The number of aryl methyl sites for hydroxylation is 1. The number of benzene rings is 7. The van der Waals surface area contributed by atoms with Gasteiger partial charge in [0.25, 0.3) is 0 Å². The first-order valence-corrected chi connectivity index (χ1v) is 16.6. The molecule has 0 unspecified atom stereocenters. The smallest absolute Gasteiger partial charge is 0.0543 e. The zero-order valence-corrected chi connectivity index (χ0v) is 27.0. The fourth-order valence-electron chi connectivity index (χ4n) is 8.04. The molecule has 0 spiro atoms. The van der Waals surface area contributed by atoms with E-state index in [1.54, 1.807) is 0 Å². The van der Waals surface area contributed by atoms with Gasteiger partial charge in [0.05, 0.1) is 5.69 Å². The Bertz CT molecular complexity index is 2470. The Labute approximate surface area is 276 Å². The number of hydrogen-bond donors (Lipinski definition) is 0. The van der Waals surface area contributed by atoms with Gasteiger partial charge in [-0.3, -0.25) is 0 Å². The van der Waals surface area contributed by atoms with Gasteiger partial charge in [0.2, 0.25) is 0 Å². The van der Waals surface area contributed by atoms with Crippen LogP contribution in [-0.4, -0.2) is 4.57 Å². The summed E-state index contributed by atoms with van der Waals surface area (Å²) in [7, 11) is 2.17. The van der Waals surface area contributed by atoms with Crippen LogP contribution in [0, 0.1) is 0 Å². The summed E-state index contributed by atoms with van der Waals surface area (Å²) in [5.41, 5.74) is 14.1. The monoisotopic (exact) mass is 604 g/mol. The maximum absolute atomic E-state index is 2.48. The van der Waals surface area contributed by atoms with E-state index in [0.29, 0.717) is 0 Å². The van der Waals surface area contributed by atoms with Crippen molar-refractivity contribution < 1.29 is 0 Å². The molecule has 1 heterocycles. The number of rotatable bonds is 5. The van der Waals surface area contributed by atoms with Gasteiger partial charge >= 0.3 is 0 Å². The van der Waals surface area contributed by atoms with E-state index in [1.807, 2.05) is 0 Å². The largest absolute Gasteiger partial charge is 0.344 e. The van der Waals surface area contributed by atoms with E-state index in [9.17, 15) is 0 Å². The van der Waals surface area contributed by atoms with Crippen LogP contribution in [0.1, 0.15) is 36.1 Å². The first kappa shape index (κ1) is 27.7. The minimum atomic E-state index is -0.155. The van der Waals surface area contributed by atoms with Gasteiger partial charge in [-0.2, -0.15) is 0 Å². The van der Waals surface area contributed by atoms with Crippen molar-refractivity contribution in [3.63, 3.8) is 0 Å². The molecule has 1 aromatic heterocycles. The molecule has 0 saturated carbocycles. The minimum absolute atomic E-state index is 0.155. The number of anilines is 3. The fourth-order valence-corrected chi connectivity index (χ4v) is 8.04. The van der Waals surface area contributed by atoms with Crippen molar-refractivity contribution in [3.05, 3.63) is 174 Å². The normalized spacial score (nSPS) is 13.3. The van der Waals surface area contributed by atoms with Crippen LogP contribution in [0.3, 0.4) is 0 Å². The molecule has 7 aromatic carbocycles. The summed E-state index contributed by atoms with van der Waals surface area (Å²) in [6, 6.07) is 55.9. The van der Waals surface area contributed by atoms with Gasteiger partial charge in [-0.1, -0.05) is 123 Å². The Kier molecular flexibility index (Phi) is 6.17. The number of fused-ring (bicyclic) bond motifs is 8. The summed E-state index contributed by atoms with van der Waals surface area (Å²) in [6.07, 6.45) is 0.935. The quantitative estimate of drug-likeness (QED) is 0.190. The molecule has 0 radical (unpaired) electrons. The second kappa shape index (κ2) is 10.5. The van der Waals surface area contributed by atoms with E-state index in [-0.39, 0.29) is 5.41 Å². The van der Waals surface area contributed by atoms with Crippen molar-refractivity contribution in [1.29, 1.82) is 0 Å². The van der Waals surface area contributed by atoms with Crippen LogP contribution in [0.2, 0.25) is 0 Å². The van der Waals surface area contributed by atoms with Gasteiger partial charge in [0.1, 0.15) is 0 Å². The van der Waals surface area contributed by atoms with Crippen molar-refractivity contribution in [2.24, 2.45) is 7.05 Å².